The number of hydrogen-bond acceptors (Lipinski definition) is 5. The summed E-state index contributed by atoms with van der Waals surface area (Å²) in [6.07, 6.45) is 1.42. The molecule has 0 spiro atoms. The molecule has 2 heterocycles. The number of esters is 1. The molecule has 2 saturated heterocycles. The molecule has 1 amide bonds. The van der Waals surface area contributed by atoms with Gasteiger partial charge in [0, 0.05) is 13.1 Å². The van der Waals surface area contributed by atoms with Gasteiger partial charge in [-0.25, -0.2) is 4.79 Å². The molecular weight excluding hydrogens is 236 g/mol. The molecule has 1 unspecified atom stereocenters. The van der Waals surface area contributed by atoms with Gasteiger partial charge in [0.25, 0.3) is 0 Å². The maximum absolute atomic E-state index is 11.7. The highest BCUT2D eigenvalue weighted by molar-refractivity contribution is 5.72. The lowest BCUT2D eigenvalue weighted by atomic mass is 9.98. The number of rotatable bonds is 4. The van der Waals surface area contributed by atoms with E-state index in [0.717, 1.165) is 19.4 Å². The summed E-state index contributed by atoms with van der Waals surface area (Å²) in [6, 6.07) is 0. The first kappa shape index (κ1) is 13.1. The van der Waals surface area contributed by atoms with Crippen molar-refractivity contribution in [3.63, 3.8) is 0 Å². The Morgan fingerprint density at radius 1 is 1.61 bits per heavy atom. The van der Waals surface area contributed by atoms with Gasteiger partial charge in [0.05, 0.1) is 19.1 Å². The molecule has 2 atom stereocenters. The second-order valence-electron chi connectivity index (χ2n) is 4.76. The van der Waals surface area contributed by atoms with E-state index in [1.807, 2.05) is 6.92 Å². The highest BCUT2D eigenvalue weighted by Gasteiger charge is 2.30. The second-order valence-corrected chi connectivity index (χ2v) is 4.76. The summed E-state index contributed by atoms with van der Waals surface area (Å²) in [5.74, 6) is -0.146. The lowest BCUT2D eigenvalue weighted by Crippen LogP contribution is -2.43. The Hall–Kier alpha value is -1.30. The third-order valence-corrected chi connectivity index (χ3v) is 3.34. The van der Waals surface area contributed by atoms with Gasteiger partial charge in [-0.15, -0.1) is 0 Å². The fourth-order valence-electron chi connectivity index (χ4n) is 2.50. The van der Waals surface area contributed by atoms with Crippen molar-refractivity contribution in [2.45, 2.75) is 25.9 Å². The maximum atomic E-state index is 11.7. The van der Waals surface area contributed by atoms with Gasteiger partial charge in [0.2, 0.25) is 0 Å². The van der Waals surface area contributed by atoms with Crippen LogP contribution in [-0.2, 0) is 14.3 Å². The number of piperidine rings is 1. The Morgan fingerprint density at radius 2 is 2.44 bits per heavy atom. The molecule has 0 aromatic carbocycles. The van der Waals surface area contributed by atoms with Crippen molar-refractivity contribution in [1.29, 1.82) is 0 Å². The minimum absolute atomic E-state index is 0.0382. The zero-order chi connectivity index (χ0) is 13.0. The van der Waals surface area contributed by atoms with Crippen molar-refractivity contribution in [2.75, 3.05) is 32.8 Å². The molecule has 2 aliphatic heterocycles. The molecule has 0 aliphatic carbocycles. The molecule has 0 aromatic heterocycles. The number of alkyl carbamates (subject to hydrolysis) is 1. The molecule has 6 heteroatoms. The Bertz CT molecular complexity index is 321. The predicted octanol–water partition coefficient (Wildman–Crippen LogP) is 0.370. The Morgan fingerprint density at radius 3 is 3.11 bits per heavy atom. The van der Waals surface area contributed by atoms with Crippen LogP contribution in [0, 0.1) is 5.92 Å². The topological polar surface area (TPSA) is 67.9 Å². The van der Waals surface area contributed by atoms with E-state index < -0.39 is 0 Å². The Kier molecular flexibility index (Phi) is 4.41. The molecule has 18 heavy (non-hydrogen) atoms. The molecule has 6 nitrogen and oxygen atoms in total. The van der Waals surface area contributed by atoms with Gasteiger partial charge in [-0.3, -0.25) is 9.69 Å². The first-order valence-corrected chi connectivity index (χ1v) is 6.52. The van der Waals surface area contributed by atoms with Crippen molar-refractivity contribution in [2.24, 2.45) is 5.92 Å². The van der Waals surface area contributed by atoms with Gasteiger partial charge in [0.1, 0.15) is 6.10 Å². The molecule has 0 aromatic rings. The number of ether oxygens (including phenoxy) is 2. The van der Waals surface area contributed by atoms with Crippen molar-refractivity contribution in [3.8, 4) is 0 Å². The number of carbonyl (C=O) groups is 2. The van der Waals surface area contributed by atoms with E-state index in [0.29, 0.717) is 26.2 Å². The number of amides is 1. The molecule has 0 radical (unpaired) electrons. The number of hydrogen-bond donors (Lipinski definition) is 1. The molecule has 1 N–H and O–H groups in total. The maximum Gasteiger partial charge on any atom is 0.407 e. The van der Waals surface area contributed by atoms with E-state index in [2.05, 4.69) is 10.2 Å². The highest BCUT2D eigenvalue weighted by Crippen LogP contribution is 2.18. The van der Waals surface area contributed by atoms with Crippen LogP contribution in [0.5, 0.6) is 0 Å². The predicted molar refractivity (Wildman–Crippen MR) is 64.1 cm³/mol. The van der Waals surface area contributed by atoms with Crippen molar-refractivity contribution >= 4 is 12.1 Å². The molecule has 102 valence electrons. The van der Waals surface area contributed by atoms with Crippen molar-refractivity contribution < 1.29 is 19.1 Å². The summed E-state index contributed by atoms with van der Waals surface area (Å²) in [5.41, 5.74) is 0. The Balaban J connectivity index is 1.79. The lowest BCUT2D eigenvalue weighted by Gasteiger charge is -2.32. The smallest absolute Gasteiger partial charge is 0.407 e. The van der Waals surface area contributed by atoms with Crippen LogP contribution in [0.25, 0.3) is 0 Å². The number of cyclic esters (lactones) is 1. The lowest BCUT2D eigenvalue weighted by molar-refractivity contribution is -0.150. The number of nitrogens with zero attached hydrogens (tertiary/aromatic N) is 1. The first-order chi connectivity index (χ1) is 8.69. The number of carbonyl (C=O) groups excluding carboxylic acids is 2. The van der Waals surface area contributed by atoms with Crippen LogP contribution in [0.2, 0.25) is 0 Å². The standard InChI is InChI=1S/C12H20N2O4/c1-2-17-11(15)9-4-3-5-14(7-9)8-10-6-13-12(16)18-10/h9-10H,2-8H2,1H3,(H,13,16)/t9-,10?/m0/s1. The fraction of sp³-hybridized carbons (Fsp3) is 0.833. The zero-order valence-electron chi connectivity index (χ0n) is 10.7. The highest BCUT2D eigenvalue weighted by atomic mass is 16.6. The van der Waals surface area contributed by atoms with Gasteiger partial charge in [-0.05, 0) is 26.3 Å². The summed E-state index contributed by atoms with van der Waals surface area (Å²) in [4.78, 5) is 24.8. The van der Waals surface area contributed by atoms with E-state index in [1.165, 1.54) is 0 Å². The van der Waals surface area contributed by atoms with Gasteiger partial charge in [0.15, 0.2) is 0 Å². The summed E-state index contributed by atoms with van der Waals surface area (Å²) >= 11 is 0. The van der Waals surface area contributed by atoms with Crippen LogP contribution in [0.4, 0.5) is 4.79 Å². The van der Waals surface area contributed by atoms with Crippen LogP contribution in [-0.4, -0.2) is 55.9 Å². The molecule has 2 rings (SSSR count). The normalized spacial score (nSPS) is 28.6. The largest absolute Gasteiger partial charge is 0.466 e. The fourth-order valence-corrected chi connectivity index (χ4v) is 2.50. The monoisotopic (exact) mass is 256 g/mol. The first-order valence-electron chi connectivity index (χ1n) is 6.52. The molecular formula is C12H20N2O4. The molecule has 0 saturated carbocycles. The van der Waals surface area contributed by atoms with Crippen LogP contribution in [0.3, 0.4) is 0 Å². The van der Waals surface area contributed by atoms with Crippen LogP contribution >= 0.6 is 0 Å². The van der Waals surface area contributed by atoms with Gasteiger partial charge in [-0.1, -0.05) is 0 Å². The minimum atomic E-state index is -0.348. The van der Waals surface area contributed by atoms with Gasteiger partial charge >= 0.3 is 12.1 Å². The van der Waals surface area contributed by atoms with Crippen LogP contribution in [0.1, 0.15) is 19.8 Å². The molecule has 0 bridgehead atoms. The minimum Gasteiger partial charge on any atom is -0.466 e. The number of nitrogens with one attached hydrogen (secondary N) is 1. The van der Waals surface area contributed by atoms with E-state index >= 15 is 0 Å². The average molecular weight is 256 g/mol. The van der Waals surface area contributed by atoms with Crippen molar-refractivity contribution in [1.82, 2.24) is 10.2 Å². The summed E-state index contributed by atoms with van der Waals surface area (Å²) in [6.45, 7) is 5.15. The third kappa shape index (κ3) is 3.35. The Labute approximate surface area is 107 Å². The summed E-state index contributed by atoms with van der Waals surface area (Å²) < 4.78 is 10.2. The number of likely N-dealkylation sites (tertiary alicyclic amines) is 1. The van der Waals surface area contributed by atoms with E-state index in [9.17, 15) is 9.59 Å². The van der Waals surface area contributed by atoms with Gasteiger partial charge < -0.3 is 14.8 Å². The van der Waals surface area contributed by atoms with Crippen molar-refractivity contribution in [3.05, 3.63) is 0 Å². The molecule has 2 fully saturated rings. The van der Waals surface area contributed by atoms with Crippen LogP contribution in [0.15, 0.2) is 0 Å². The average Bonchev–Trinajstić information content (AvgIpc) is 2.75. The third-order valence-electron chi connectivity index (χ3n) is 3.34. The van der Waals surface area contributed by atoms with Gasteiger partial charge in [-0.2, -0.15) is 0 Å². The van der Waals surface area contributed by atoms with E-state index in [-0.39, 0.29) is 24.1 Å². The second kappa shape index (κ2) is 6.04. The summed E-state index contributed by atoms with van der Waals surface area (Å²) in [5, 5.41) is 2.63. The zero-order valence-corrected chi connectivity index (χ0v) is 10.7. The van der Waals surface area contributed by atoms with E-state index in [1.54, 1.807) is 0 Å². The van der Waals surface area contributed by atoms with E-state index in [4.69, 9.17) is 9.47 Å². The summed E-state index contributed by atoms with van der Waals surface area (Å²) in [7, 11) is 0. The SMILES string of the molecule is CCOC(=O)[C@H]1CCCN(CC2CNC(=O)O2)C1. The quantitative estimate of drug-likeness (QED) is 0.736. The molecule has 2 aliphatic rings. The van der Waals surface area contributed by atoms with Crippen LogP contribution < -0.4 is 5.32 Å².